The number of benzene rings is 1. The lowest BCUT2D eigenvalue weighted by molar-refractivity contribution is -0.387. The first kappa shape index (κ1) is 14.9. The third kappa shape index (κ3) is 3.13. The van der Waals surface area contributed by atoms with Gasteiger partial charge in [0.05, 0.1) is 4.92 Å². The number of halogens is 1. The van der Waals surface area contributed by atoms with Crippen molar-refractivity contribution in [3.05, 3.63) is 39.7 Å². The van der Waals surface area contributed by atoms with Gasteiger partial charge in [0.15, 0.2) is 0 Å². The number of nitro groups is 1. The summed E-state index contributed by atoms with van der Waals surface area (Å²) in [7, 11) is 2.11. The maximum atomic E-state index is 13.6. The third-order valence-electron chi connectivity index (χ3n) is 4.05. The predicted molar refractivity (Wildman–Crippen MR) is 75.0 cm³/mol. The molecule has 1 aliphatic rings. The molecule has 2 atom stereocenters. The van der Waals surface area contributed by atoms with Gasteiger partial charge in [-0.05, 0) is 32.5 Å². The lowest BCUT2D eigenvalue weighted by Crippen LogP contribution is -2.54. The number of hydrogen-bond acceptors (Lipinski definition) is 4. The quantitative estimate of drug-likeness (QED) is 0.630. The van der Waals surface area contributed by atoms with E-state index in [-0.39, 0.29) is 0 Å². The topological polar surface area (TPSA) is 49.6 Å². The van der Waals surface area contributed by atoms with E-state index in [0.717, 1.165) is 18.7 Å². The molecule has 1 fully saturated rings. The Morgan fingerprint density at radius 1 is 1.35 bits per heavy atom. The average molecular weight is 281 g/mol. The number of likely N-dealkylation sites (N-methyl/N-ethyl adjacent to an activating group) is 1. The van der Waals surface area contributed by atoms with Gasteiger partial charge in [0.1, 0.15) is 0 Å². The molecule has 1 saturated heterocycles. The molecule has 1 aliphatic heterocycles. The molecule has 2 rings (SSSR count). The van der Waals surface area contributed by atoms with Gasteiger partial charge >= 0.3 is 5.69 Å². The van der Waals surface area contributed by atoms with Crippen LogP contribution in [0.2, 0.25) is 0 Å². The van der Waals surface area contributed by atoms with Gasteiger partial charge < -0.3 is 0 Å². The molecular weight excluding hydrogens is 261 g/mol. The van der Waals surface area contributed by atoms with Crippen molar-refractivity contribution in [2.24, 2.45) is 0 Å². The molecule has 0 aromatic heterocycles. The van der Waals surface area contributed by atoms with Gasteiger partial charge in [0.25, 0.3) is 0 Å². The van der Waals surface area contributed by atoms with E-state index in [1.54, 1.807) is 6.07 Å². The van der Waals surface area contributed by atoms with Crippen molar-refractivity contribution in [2.75, 3.05) is 20.1 Å². The average Bonchev–Trinajstić information content (AvgIpc) is 2.35. The smallest absolute Gasteiger partial charge is 0.298 e. The molecule has 1 heterocycles. The van der Waals surface area contributed by atoms with Crippen molar-refractivity contribution in [1.82, 2.24) is 9.80 Å². The van der Waals surface area contributed by atoms with Crippen molar-refractivity contribution in [3.63, 3.8) is 0 Å². The molecule has 0 N–H and O–H groups in total. The normalized spacial score (nSPS) is 24.8. The number of piperazine rings is 1. The third-order valence-corrected chi connectivity index (χ3v) is 4.05. The fourth-order valence-electron chi connectivity index (χ4n) is 2.70. The number of rotatable bonds is 3. The first-order chi connectivity index (χ1) is 9.38. The predicted octanol–water partition coefficient (Wildman–Crippen LogP) is 2.26. The van der Waals surface area contributed by atoms with Gasteiger partial charge in [-0.15, -0.1) is 0 Å². The molecule has 0 amide bonds. The van der Waals surface area contributed by atoms with Crippen LogP contribution in [0.25, 0.3) is 0 Å². The summed E-state index contributed by atoms with van der Waals surface area (Å²) < 4.78 is 13.6. The SMILES string of the molecule is CC1CN(Cc2ccc([N+](=O)[O-])c(F)c2)CC(C)N1C. The van der Waals surface area contributed by atoms with Gasteiger partial charge in [0, 0.05) is 37.8 Å². The van der Waals surface area contributed by atoms with E-state index in [1.165, 1.54) is 12.1 Å². The fraction of sp³-hybridized carbons (Fsp3) is 0.571. The lowest BCUT2D eigenvalue weighted by Gasteiger charge is -2.42. The summed E-state index contributed by atoms with van der Waals surface area (Å²) in [5.41, 5.74) is 0.311. The van der Waals surface area contributed by atoms with E-state index >= 15 is 0 Å². The van der Waals surface area contributed by atoms with Gasteiger partial charge in [-0.25, -0.2) is 0 Å². The fourth-order valence-corrected chi connectivity index (χ4v) is 2.70. The first-order valence-corrected chi connectivity index (χ1v) is 6.75. The van der Waals surface area contributed by atoms with E-state index in [0.29, 0.717) is 18.6 Å². The molecule has 0 bridgehead atoms. The molecule has 20 heavy (non-hydrogen) atoms. The van der Waals surface area contributed by atoms with Crippen LogP contribution >= 0.6 is 0 Å². The summed E-state index contributed by atoms with van der Waals surface area (Å²) in [6.45, 7) is 6.79. The van der Waals surface area contributed by atoms with Crippen LogP contribution in [0.3, 0.4) is 0 Å². The second-order valence-electron chi connectivity index (χ2n) is 5.60. The summed E-state index contributed by atoms with van der Waals surface area (Å²) in [5, 5.41) is 10.6. The summed E-state index contributed by atoms with van der Waals surface area (Å²) in [6.07, 6.45) is 0. The van der Waals surface area contributed by atoms with Crippen molar-refractivity contribution < 1.29 is 9.31 Å². The van der Waals surface area contributed by atoms with Gasteiger partial charge in [-0.3, -0.25) is 19.9 Å². The van der Waals surface area contributed by atoms with Gasteiger partial charge in [0.2, 0.25) is 5.82 Å². The largest absolute Gasteiger partial charge is 0.304 e. The molecule has 1 aromatic rings. The van der Waals surface area contributed by atoms with E-state index in [1.807, 2.05) is 0 Å². The number of nitrogens with zero attached hydrogens (tertiary/aromatic N) is 3. The molecule has 0 spiro atoms. The van der Waals surface area contributed by atoms with Crippen LogP contribution in [0.1, 0.15) is 19.4 Å². The van der Waals surface area contributed by atoms with Crippen LogP contribution < -0.4 is 0 Å². The zero-order chi connectivity index (χ0) is 14.9. The zero-order valence-electron chi connectivity index (χ0n) is 12.0. The van der Waals surface area contributed by atoms with Crippen LogP contribution in [0.5, 0.6) is 0 Å². The van der Waals surface area contributed by atoms with Crippen LogP contribution in [-0.2, 0) is 6.54 Å². The Kier molecular flexibility index (Phi) is 4.35. The van der Waals surface area contributed by atoms with Crippen molar-refractivity contribution in [1.29, 1.82) is 0 Å². The van der Waals surface area contributed by atoms with Crippen molar-refractivity contribution >= 4 is 5.69 Å². The zero-order valence-corrected chi connectivity index (χ0v) is 12.0. The molecule has 5 nitrogen and oxygen atoms in total. The highest BCUT2D eigenvalue weighted by atomic mass is 19.1. The Labute approximate surface area is 118 Å². The molecule has 0 aliphatic carbocycles. The summed E-state index contributed by atoms with van der Waals surface area (Å²) in [4.78, 5) is 14.5. The summed E-state index contributed by atoms with van der Waals surface area (Å²) in [6, 6.07) is 5.04. The van der Waals surface area contributed by atoms with Crippen LogP contribution in [-0.4, -0.2) is 46.9 Å². The maximum Gasteiger partial charge on any atom is 0.304 e. The second kappa shape index (κ2) is 5.85. The monoisotopic (exact) mass is 281 g/mol. The Morgan fingerprint density at radius 2 is 1.95 bits per heavy atom. The van der Waals surface area contributed by atoms with Crippen LogP contribution in [0, 0.1) is 15.9 Å². The Morgan fingerprint density at radius 3 is 2.45 bits per heavy atom. The maximum absolute atomic E-state index is 13.6. The molecule has 2 unspecified atom stereocenters. The van der Waals surface area contributed by atoms with E-state index in [9.17, 15) is 14.5 Å². The molecular formula is C14H20FN3O2. The highest BCUT2D eigenvalue weighted by Gasteiger charge is 2.26. The Hall–Kier alpha value is -1.53. The van der Waals surface area contributed by atoms with Crippen molar-refractivity contribution in [3.8, 4) is 0 Å². The summed E-state index contributed by atoms with van der Waals surface area (Å²) >= 11 is 0. The first-order valence-electron chi connectivity index (χ1n) is 6.75. The van der Waals surface area contributed by atoms with E-state index in [2.05, 4.69) is 30.7 Å². The van der Waals surface area contributed by atoms with Crippen molar-refractivity contribution in [2.45, 2.75) is 32.5 Å². The molecule has 6 heteroatoms. The number of nitro benzene ring substituents is 1. The van der Waals surface area contributed by atoms with E-state index in [4.69, 9.17) is 0 Å². The highest BCUT2D eigenvalue weighted by molar-refractivity contribution is 5.35. The number of hydrogen-bond donors (Lipinski definition) is 0. The van der Waals surface area contributed by atoms with Gasteiger partial charge in [-0.2, -0.15) is 4.39 Å². The molecule has 0 radical (unpaired) electrons. The Bertz CT molecular complexity index is 497. The summed E-state index contributed by atoms with van der Waals surface area (Å²) in [5.74, 6) is -0.761. The lowest BCUT2D eigenvalue weighted by atomic mass is 10.1. The molecule has 1 aromatic carbocycles. The van der Waals surface area contributed by atoms with Crippen LogP contribution in [0.15, 0.2) is 18.2 Å². The minimum Gasteiger partial charge on any atom is -0.298 e. The van der Waals surface area contributed by atoms with Gasteiger partial charge in [-0.1, -0.05) is 6.07 Å². The van der Waals surface area contributed by atoms with E-state index < -0.39 is 16.4 Å². The van der Waals surface area contributed by atoms with Crippen LogP contribution in [0.4, 0.5) is 10.1 Å². The highest BCUT2D eigenvalue weighted by Crippen LogP contribution is 2.21. The standard InChI is InChI=1S/C14H20FN3O2/c1-10-7-17(8-11(2)16(10)3)9-12-4-5-14(18(19)20)13(15)6-12/h4-6,10-11H,7-9H2,1-3H3. The minimum absolute atomic E-state index is 0.446. The second-order valence-corrected chi connectivity index (χ2v) is 5.60. The Balaban J connectivity index is 2.07. The minimum atomic E-state index is -0.761. The molecule has 110 valence electrons. The molecule has 0 saturated carbocycles.